The molecule has 2 aromatic rings. The van der Waals surface area contributed by atoms with Crippen LogP contribution in [0.5, 0.6) is 0 Å². The molecule has 0 radical (unpaired) electrons. The van der Waals surface area contributed by atoms with Crippen molar-refractivity contribution in [2.75, 3.05) is 26.8 Å². The molecule has 146 valence electrons. The lowest BCUT2D eigenvalue weighted by Crippen LogP contribution is -2.37. The van der Waals surface area contributed by atoms with E-state index < -0.39 is 0 Å². The van der Waals surface area contributed by atoms with Crippen LogP contribution in [0.15, 0.2) is 24.3 Å². The molecule has 1 amide bonds. The molecule has 5 nitrogen and oxygen atoms in total. The van der Waals surface area contributed by atoms with Crippen LogP contribution in [-0.2, 0) is 17.6 Å². The standard InChI is InChI=1S/C21H28FN3O2/c1-15(2)14-24(12-13-27-3)21(26)20-18-6-4-5-7-19(18)25(23-20)17-10-8-16(22)9-11-17/h8-11,15H,4-7,12-14H2,1-3H3. The van der Waals surface area contributed by atoms with Crippen LogP contribution in [0.2, 0.25) is 0 Å². The Morgan fingerprint density at radius 3 is 2.63 bits per heavy atom. The second-order valence-electron chi connectivity index (χ2n) is 7.51. The lowest BCUT2D eigenvalue weighted by molar-refractivity contribution is 0.0665. The molecule has 0 saturated carbocycles. The number of rotatable bonds is 7. The van der Waals surface area contributed by atoms with Crippen LogP contribution in [0.4, 0.5) is 4.39 Å². The van der Waals surface area contributed by atoms with Gasteiger partial charge in [0.25, 0.3) is 5.91 Å². The largest absolute Gasteiger partial charge is 0.383 e. The molecule has 1 heterocycles. The number of amides is 1. The highest BCUT2D eigenvalue weighted by Gasteiger charge is 2.28. The number of benzene rings is 1. The van der Waals surface area contributed by atoms with Crippen molar-refractivity contribution in [1.29, 1.82) is 0 Å². The van der Waals surface area contributed by atoms with Gasteiger partial charge in [0.2, 0.25) is 0 Å². The molecule has 1 aromatic heterocycles. The zero-order valence-electron chi connectivity index (χ0n) is 16.4. The molecule has 6 heteroatoms. The summed E-state index contributed by atoms with van der Waals surface area (Å²) in [5, 5.41) is 4.69. The number of fused-ring (bicyclic) bond motifs is 1. The predicted molar refractivity (Wildman–Crippen MR) is 103 cm³/mol. The van der Waals surface area contributed by atoms with Crippen LogP contribution in [-0.4, -0.2) is 47.4 Å². The van der Waals surface area contributed by atoms with Gasteiger partial charge in [0, 0.05) is 31.5 Å². The van der Waals surface area contributed by atoms with Crippen LogP contribution < -0.4 is 0 Å². The summed E-state index contributed by atoms with van der Waals surface area (Å²) in [7, 11) is 1.64. The molecule has 1 aliphatic rings. The maximum Gasteiger partial charge on any atom is 0.274 e. The Morgan fingerprint density at radius 1 is 1.26 bits per heavy atom. The minimum atomic E-state index is -0.279. The highest BCUT2D eigenvalue weighted by Crippen LogP contribution is 2.28. The fourth-order valence-corrected chi connectivity index (χ4v) is 3.63. The molecule has 0 N–H and O–H groups in total. The highest BCUT2D eigenvalue weighted by atomic mass is 19.1. The van der Waals surface area contributed by atoms with Crippen molar-refractivity contribution in [3.05, 3.63) is 47.0 Å². The Kier molecular flexibility index (Phi) is 6.26. The van der Waals surface area contributed by atoms with E-state index in [1.54, 1.807) is 19.2 Å². The van der Waals surface area contributed by atoms with E-state index in [4.69, 9.17) is 9.84 Å². The summed E-state index contributed by atoms with van der Waals surface area (Å²) in [6.07, 6.45) is 3.88. The molecule has 0 spiro atoms. The van der Waals surface area contributed by atoms with Crippen molar-refractivity contribution < 1.29 is 13.9 Å². The molecule has 27 heavy (non-hydrogen) atoms. The van der Waals surface area contributed by atoms with Crippen LogP contribution in [0.1, 0.15) is 48.4 Å². The minimum Gasteiger partial charge on any atom is -0.383 e. The SMILES string of the molecule is COCCN(CC(C)C)C(=O)c1nn(-c2ccc(F)cc2)c2c1CCCC2. The van der Waals surface area contributed by atoms with Crippen molar-refractivity contribution in [3.8, 4) is 5.69 Å². The number of aromatic nitrogens is 2. The van der Waals surface area contributed by atoms with E-state index >= 15 is 0 Å². The molecule has 1 aromatic carbocycles. The first-order chi connectivity index (χ1) is 13.0. The third-order valence-electron chi connectivity index (χ3n) is 4.89. The number of halogens is 1. The molecular weight excluding hydrogens is 345 g/mol. The van der Waals surface area contributed by atoms with Gasteiger partial charge < -0.3 is 9.64 Å². The van der Waals surface area contributed by atoms with Gasteiger partial charge >= 0.3 is 0 Å². The van der Waals surface area contributed by atoms with Crippen LogP contribution in [0.25, 0.3) is 5.69 Å². The molecule has 3 rings (SSSR count). The van der Waals surface area contributed by atoms with E-state index in [0.717, 1.165) is 42.6 Å². The number of carbonyl (C=O) groups excluding carboxylic acids is 1. The van der Waals surface area contributed by atoms with Crippen molar-refractivity contribution >= 4 is 5.91 Å². The number of methoxy groups -OCH3 is 1. The number of hydrogen-bond donors (Lipinski definition) is 0. The predicted octanol–water partition coefficient (Wildman–Crippen LogP) is 3.63. The van der Waals surface area contributed by atoms with Gasteiger partial charge in [-0.3, -0.25) is 4.79 Å². The molecule has 0 atom stereocenters. The Bertz CT molecular complexity index is 783. The third kappa shape index (κ3) is 4.38. The fraction of sp³-hybridized carbons (Fsp3) is 0.524. The van der Waals surface area contributed by atoms with Gasteiger partial charge in [-0.25, -0.2) is 9.07 Å². The van der Waals surface area contributed by atoms with Gasteiger partial charge in [0.15, 0.2) is 5.69 Å². The van der Waals surface area contributed by atoms with Gasteiger partial charge in [0.1, 0.15) is 5.82 Å². The van der Waals surface area contributed by atoms with E-state index in [1.165, 1.54) is 12.1 Å². The van der Waals surface area contributed by atoms with Gasteiger partial charge in [0.05, 0.1) is 12.3 Å². The first-order valence-electron chi connectivity index (χ1n) is 9.66. The number of carbonyl (C=O) groups is 1. The summed E-state index contributed by atoms with van der Waals surface area (Å²) < 4.78 is 20.3. The number of ether oxygens (including phenoxy) is 1. The quantitative estimate of drug-likeness (QED) is 0.745. The first-order valence-corrected chi connectivity index (χ1v) is 9.66. The summed E-state index contributed by atoms with van der Waals surface area (Å²) in [6.45, 7) is 5.91. The Labute approximate surface area is 160 Å². The normalized spacial score (nSPS) is 13.7. The number of nitrogens with zero attached hydrogens (tertiary/aromatic N) is 3. The van der Waals surface area contributed by atoms with Gasteiger partial charge in [-0.05, 0) is 55.9 Å². The Morgan fingerprint density at radius 2 is 1.96 bits per heavy atom. The zero-order chi connectivity index (χ0) is 19.4. The number of hydrogen-bond acceptors (Lipinski definition) is 3. The Hall–Kier alpha value is -2.21. The van der Waals surface area contributed by atoms with E-state index in [1.807, 2.05) is 9.58 Å². The average molecular weight is 373 g/mol. The molecule has 0 aliphatic heterocycles. The summed E-state index contributed by atoms with van der Waals surface area (Å²) in [5.41, 5.74) is 3.45. The van der Waals surface area contributed by atoms with Gasteiger partial charge in [-0.15, -0.1) is 0 Å². The second-order valence-corrected chi connectivity index (χ2v) is 7.51. The van der Waals surface area contributed by atoms with Crippen molar-refractivity contribution in [1.82, 2.24) is 14.7 Å². The van der Waals surface area contributed by atoms with E-state index in [2.05, 4.69) is 13.8 Å². The summed E-state index contributed by atoms with van der Waals surface area (Å²) in [4.78, 5) is 15.1. The van der Waals surface area contributed by atoms with Crippen LogP contribution >= 0.6 is 0 Å². The van der Waals surface area contributed by atoms with Crippen molar-refractivity contribution in [2.24, 2.45) is 5.92 Å². The fourth-order valence-electron chi connectivity index (χ4n) is 3.63. The van der Waals surface area contributed by atoms with E-state index in [0.29, 0.717) is 31.3 Å². The molecular formula is C21H28FN3O2. The maximum absolute atomic E-state index is 13.3. The lowest BCUT2D eigenvalue weighted by Gasteiger charge is -2.24. The summed E-state index contributed by atoms with van der Waals surface area (Å²) >= 11 is 0. The molecule has 0 saturated heterocycles. The van der Waals surface area contributed by atoms with E-state index in [-0.39, 0.29) is 11.7 Å². The second kappa shape index (κ2) is 8.65. The molecule has 0 fully saturated rings. The van der Waals surface area contributed by atoms with Gasteiger partial charge in [-0.2, -0.15) is 5.10 Å². The maximum atomic E-state index is 13.3. The summed E-state index contributed by atoms with van der Waals surface area (Å²) in [6, 6.07) is 6.28. The van der Waals surface area contributed by atoms with Gasteiger partial charge in [-0.1, -0.05) is 13.8 Å². The zero-order valence-corrected chi connectivity index (χ0v) is 16.4. The lowest BCUT2D eigenvalue weighted by atomic mass is 9.95. The van der Waals surface area contributed by atoms with E-state index in [9.17, 15) is 9.18 Å². The third-order valence-corrected chi connectivity index (χ3v) is 4.89. The van der Waals surface area contributed by atoms with Crippen molar-refractivity contribution in [2.45, 2.75) is 39.5 Å². The Balaban J connectivity index is 1.99. The molecule has 0 bridgehead atoms. The summed E-state index contributed by atoms with van der Waals surface area (Å²) in [5.74, 6) is 0.0410. The van der Waals surface area contributed by atoms with Crippen molar-refractivity contribution in [3.63, 3.8) is 0 Å². The topological polar surface area (TPSA) is 47.4 Å². The van der Waals surface area contributed by atoms with Crippen LogP contribution in [0, 0.1) is 11.7 Å². The monoisotopic (exact) mass is 373 g/mol. The molecule has 1 aliphatic carbocycles. The average Bonchev–Trinajstić information content (AvgIpc) is 3.04. The highest BCUT2D eigenvalue weighted by molar-refractivity contribution is 5.94. The van der Waals surface area contributed by atoms with Crippen LogP contribution in [0.3, 0.4) is 0 Å². The minimum absolute atomic E-state index is 0.0419. The smallest absolute Gasteiger partial charge is 0.274 e. The first kappa shape index (κ1) is 19.5. The molecule has 0 unspecified atom stereocenters.